The van der Waals surface area contributed by atoms with Crippen LogP contribution in [0.5, 0.6) is 0 Å². The summed E-state index contributed by atoms with van der Waals surface area (Å²) in [5.41, 5.74) is 5.79. The standard InChI is InChI=1S/C17H14BrN3O/c1-10-6-13(8-22)20-17-16(10)19-9-21(17)15-5-2-11-7-12(18)3-4-14(11)15/h3-4,6-9,15H,2,5H2,1H3/t15-/m0/s1. The molecule has 5 heteroatoms. The highest BCUT2D eigenvalue weighted by molar-refractivity contribution is 9.10. The van der Waals surface area contributed by atoms with Gasteiger partial charge in [0.2, 0.25) is 0 Å². The Labute approximate surface area is 136 Å². The number of carbonyl (C=O) groups excluding carboxylic acids is 1. The molecule has 0 radical (unpaired) electrons. The third-order valence-electron chi connectivity index (χ3n) is 4.35. The molecule has 2 aromatic heterocycles. The number of pyridine rings is 1. The minimum absolute atomic E-state index is 0.238. The van der Waals surface area contributed by atoms with Crippen molar-refractivity contribution in [1.29, 1.82) is 0 Å². The van der Waals surface area contributed by atoms with Crippen LogP contribution in [0.1, 0.15) is 39.6 Å². The zero-order valence-electron chi connectivity index (χ0n) is 12.1. The van der Waals surface area contributed by atoms with Crippen LogP contribution in [-0.4, -0.2) is 20.8 Å². The molecule has 0 saturated carbocycles. The summed E-state index contributed by atoms with van der Waals surface area (Å²) in [5, 5.41) is 0. The highest BCUT2D eigenvalue weighted by atomic mass is 79.9. The van der Waals surface area contributed by atoms with Crippen molar-refractivity contribution in [2.75, 3.05) is 0 Å². The van der Waals surface area contributed by atoms with E-state index in [1.807, 2.05) is 13.3 Å². The summed E-state index contributed by atoms with van der Waals surface area (Å²) in [7, 11) is 0. The molecule has 0 bridgehead atoms. The van der Waals surface area contributed by atoms with Crippen molar-refractivity contribution in [1.82, 2.24) is 14.5 Å². The Hall–Kier alpha value is -2.01. The summed E-state index contributed by atoms with van der Waals surface area (Å²) in [6, 6.07) is 8.45. The second-order valence-electron chi connectivity index (χ2n) is 5.70. The molecule has 0 N–H and O–H groups in total. The van der Waals surface area contributed by atoms with Crippen LogP contribution in [0, 0.1) is 6.92 Å². The maximum atomic E-state index is 11.1. The van der Waals surface area contributed by atoms with E-state index in [2.05, 4.69) is 48.7 Å². The van der Waals surface area contributed by atoms with Gasteiger partial charge >= 0.3 is 0 Å². The van der Waals surface area contributed by atoms with E-state index in [1.165, 1.54) is 11.1 Å². The number of benzene rings is 1. The monoisotopic (exact) mass is 355 g/mol. The van der Waals surface area contributed by atoms with Crippen LogP contribution in [-0.2, 0) is 6.42 Å². The minimum atomic E-state index is 0.238. The van der Waals surface area contributed by atoms with Gasteiger partial charge in [-0.3, -0.25) is 4.79 Å². The van der Waals surface area contributed by atoms with Crippen LogP contribution in [0.2, 0.25) is 0 Å². The molecule has 1 aliphatic carbocycles. The highest BCUT2D eigenvalue weighted by Crippen LogP contribution is 2.37. The first-order valence-corrected chi connectivity index (χ1v) is 8.04. The molecule has 0 spiro atoms. The number of hydrogen-bond acceptors (Lipinski definition) is 3. The number of imidazole rings is 1. The van der Waals surface area contributed by atoms with E-state index in [0.29, 0.717) is 5.69 Å². The third kappa shape index (κ3) is 2.00. The summed E-state index contributed by atoms with van der Waals surface area (Å²) in [4.78, 5) is 20.1. The molecule has 22 heavy (non-hydrogen) atoms. The predicted octanol–water partition coefficient (Wildman–Crippen LogP) is 3.85. The van der Waals surface area contributed by atoms with Crippen molar-refractivity contribution in [3.63, 3.8) is 0 Å². The van der Waals surface area contributed by atoms with Gasteiger partial charge in [-0.2, -0.15) is 0 Å². The van der Waals surface area contributed by atoms with Gasteiger partial charge < -0.3 is 4.57 Å². The van der Waals surface area contributed by atoms with E-state index < -0.39 is 0 Å². The molecule has 0 amide bonds. The number of fused-ring (bicyclic) bond motifs is 2. The summed E-state index contributed by atoms with van der Waals surface area (Å²) < 4.78 is 3.22. The van der Waals surface area contributed by atoms with Gasteiger partial charge in [0.05, 0.1) is 12.4 Å². The highest BCUT2D eigenvalue weighted by Gasteiger charge is 2.26. The van der Waals surface area contributed by atoms with Gasteiger partial charge in [-0.15, -0.1) is 0 Å². The van der Waals surface area contributed by atoms with Gasteiger partial charge in [0, 0.05) is 4.47 Å². The minimum Gasteiger partial charge on any atom is -0.308 e. The lowest BCUT2D eigenvalue weighted by Gasteiger charge is -2.14. The average Bonchev–Trinajstić information content (AvgIpc) is 3.10. The lowest BCUT2D eigenvalue weighted by Crippen LogP contribution is -2.07. The first kappa shape index (κ1) is 13.6. The van der Waals surface area contributed by atoms with Crippen LogP contribution >= 0.6 is 15.9 Å². The molecule has 4 rings (SSSR count). The number of nitrogens with zero attached hydrogens (tertiary/aromatic N) is 3. The number of rotatable bonds is 2. The SMILES string of the molecule is Cc1cc(C=O)nc2c1ncn2[C@H]1CCc2cc(Br)ccc21. The smallest absolute Gasteiger partial charge is 0.168 e. The lowest BCUT2D eigenvalue weighted by atomic mass is 10.1. The van der Waals surface area contributed by atoms with Crippen LogP contribution in [0.15, 0.2) is 35.1 Å². The Bertz CT molecular complexity index is 900. The zero-order valence-corrected chi connectivity index (χ0v) is 13.7. The van der Waals surface area contributed by atoms with Gasteiger partial charge in [0.25, 0.3) is 0 Å². The number of hydrogen-bond donors (Lipinski definition) is 0. The van der Waals surface area contributed by atoms with Crippen molar-refractivity contribution < 1.29 is 4.79 Å². The topological polar surface area (TPSA) is 47.8 Å². The van der Waals surface area contributed by atoms with E-state index in [0.717, 1.165) is 40.3 Å². The van der Waals surface area contributed by atoms with Gasteiger partial charge in [-0.05, 0) is 54.7 Å². The van der Waals surface area contributed by atoms with Crippen molar-refractivity contribution in [3.8, 4) is 0 Å². The second-order valence-corrected chi connectivity index (χ2v) is 6.62. The molecule has 0 fully saturated rings. The van der Waals surface area contributed by atoms with E-state index in [9.17, 15) is 4.79 Å². The molecule has 3 aromatic rings. The van der Waals surface area contributed by atoms with Gasteiger partial charge in [-0.25, -0.2) is 9.97 Å². The molecular weight excluding hydrogens is 342 g/mol. The normalized spacial score (nSPS) is 16.9. The summed E-state index contributed by atoms with van der Waals surface area (Å²) >= 11 is 3.53. The van der Waals surface area contributed by atoms with E-state index in [4.69, 9.17) is 0 Å². The molecule has 0 saturated heterocycles. The van der Waals surface area contributed by atoms with Crippen LogP contribution in [0.25, 0.3) is 11.2 Å². The average molecular weight is 356 g/mol. The van der Waals surface area contributed by atoms with Gasteiger partial charge in [0.1, 0.15) is 11.2 Å². The molecule has 1 aromatic carbocycles. The Kier molecular flexibility index (Phi) is 3.11. The Balaban J connectivity index is 1.90. The van der Waals surface area contributed by atoms with Crippen molar-refractivity contribution in [3.05, 3.63) is 57.4 Å². The number of halogens is 1. The first-order valence-electron chi connectivity index (χ1n) is 7.25. The first-order chi connectivity index (χ1) is 10.7. The van der Waals surface area contributed by atoms with Gasteiger partial charge in [0.15, 0.2) is 11.9 Å². The van der Waals surface area contributed by atoms with E-state index >= 15 is 0 Å². The largest absolute Gasteiger partial charge is 0.308 e. The molecule has 0 unspecified atom stereocenters. The fraction of sp³-hybridized carbons (Fsp3) is 0.235. The summed E-state index contributed by atoms with van der Waals surface area (Å²) in [6.07, 6.45) is 4.72. The van der Waals surface area contributed by atoms with Crippen LogP contribution in [0.3, 0.4) is 0 Å². The third-order valence-corrected chi connectivity index (χ3v) is 4.84. The Morgan fingerprint density at radius 3 is 3.05 bits per heavy atom. The number of aryl methyl sites for hydroxylation is 2. The molecular formula is C17H14BrN3O. The Morgan fingerprint density at radius 1 is 1.36 bits per heavy atom. The fourth-order valence-electron chi connectivity index (χ4n) is 3.33. The van der Waals surface area contributed by atoms with Crippen molar-refractivity contribution in [2.45, 2.75) is 25.8 Å². The molecule has 110 valence electrons. The maximum absolute atomic E-state index is 11.1. The van der Waals surface area contributed by atoms with Crippen LogP contribution in [0.4, 0.5) is 0 Å². The van der Waals surface area contributed by atoms with E-state index in [-0.39, 0.29) is 6.04 Å². The van der Waals surface area contributed by atoms with Crippen molar-refractivity contribution in [2.24, 2.45) is 0 Å². The van der Waals surface area contributed by atoms with Crippen molar-refractivity contribution >= 4 is 33.4 Å². The number of carbonyl (C=O) groups is 1. The quantitative estimate of drug-likeness (QED) is 0.656. The molecule has 0 aliphatic heterocycles. The fourth-order valence-corrected chi connectivity index (χ4v) is 3.74. The number of aromatic nitrogens is 3. The molecule has 4 nitrogen and oxygen atoms in total. The summed E-state index contributed by atoms with van der Waals surface area (Å²) in [6.45, 7) is 1.97. The second kappa shape index (κ2) is 5.02. The number of aldehydes is 1. The van der Waals surface area contributed by atoms with E-state index in [1.54, 1.807) is 6.07 Å². The molecule has 1 aliphatic rings. The van der Waals surface area contributed by atoms with Crippen LogP contribution < -0.4 is 0 Å². The molecule has 2 heterocycles. The zero-order chi connectivity index (χ0) is 15.3. The predicted molar refractivity (Wildman–Crippen MR) is 88.3 cm³/mol. The summed E-state index contributed by atoms with van der Waals surface area (Å²) in [5.74, 6) is 0. The molecule has 1 atom stereocenters. The van der Waals surface area contributed by atoms with Gasteiger partial charge in [-0.1, -0.05) is 22.0 Å². The Morgan fingerprint density at radius 2 is 2.23 bits per heavy atom. The maximum Gasteiger partial charge on any atom is 0.168 e. The lowest BCUT2D eigenvalue weighted by molar-refractivity contribution is 0.111.